The Kier molecular flexibility index (Phi) is 5.27. The van der Waals surface area contributed by atoms with Gasteiger partial charge in [-0.2, -0.15) is 18.3 Å². The molecular formula is C19H18F4N6O. The van der Waals surface area contributed by atoms with Gasteiger partial charge < -0.3 is 0 Å². The van der Waals surface area contributed by atoms with E-state index in [4.69, 9.17) is 0 Å². The van der Waals surface area contributed by atoms with Crippen molar-refractivity contribution in [3.8, 4) is 0 Å². The zero-order valence-electron chi connectivity index (χ0n) is 15.7. The zero-order valence-corrected chi connectivity index (χ0v) is 15.7. The van der Waals surface area contributed by atoms with Gasteiger partial charge in [0.1, 0.15) is 12.1 Å². The Balaban J connectivity index is 1.34. The minimum atomic E-state index is -4.52. The summed E-state index contributed by atoms with van der Waals surface area (Å²) in [5.74, 6) is -0.614. The molecule has 30 heavy (non-hydrogen) atoms. The van der Waals surface area contributed by atoms with Crippen molar-refractivity contribution in [2.24, 2.45) is 0 Å². The molecule has 0 atom stereocenters. The van der Waals surface area contributed by atoms with Gasteiger partial charge in [0.05, 0.1) is 13.1 Å². The van der Waals surface area contributed by atoms with Crippen LogP contribution in [0.4, 0.5) is 23.5 Å². The van der Waals surface area contributed by atoms with Crippen molar-refractivity contribution in [3.05, 3.63) is 59.4 Å². The molecule has 2 heterocycles. The summed E-state index contributed by atoms with van der Waals surface area (Å²) in [4.78, 5) is 16.2. The second-order valence-corrected chi connectivity index (χ2v) is 7.14. The Morgan fingerprint density at radius 3 is 2.57 bits per heavy atom. The number of carbonyl (C=O) groups excluding carboxylic acids is 1. The quantitative estimate of drug-likeness (QED) is 0.591. The fourth-order valence-electron chi connectivity index (χ4n) is 3.06. The van der Waals surface area contributed by atoms with Crippen LogP contribution in [0.3, 0.4) is 0 Å². The maximum atomic E-state index is 13.0. The first-order valence-electron chi connectivity index (χ1n) is 9.36. The molecule has 0 radical (unpaired) electrons. The molecule has 3 aromatic rings. The van der Waals surface area contributed by atoms with Gasteiger partial charge in [0.25, 0.3) is 0 Å². The van der Waals surface area contributed by atoms with E-state index in [0.717, 1.165) is 24.5 Å². The lowest BCUT2D eigenvalue weighted by Gasteiger charge is -2.06. The van der Waals surface area contributed by atoms with Gasteiger partial charge in [-0.05, 0) is 36.6 Å². The second-order valence-electron chi connectivity index (χ2n) is 7.14. The molecular weight excluding hydrogens is 404 g/mol. The molecule has 1 aliphatic carbocycles. The largest absolute Gasteiger partial charge is 0.435 e. The third-order valence-electron chi connectivity index (χ3n) is 4.69. The number of hydrogen-bond donors (Lipinski definition) is 1. The monoisotopic (exact) mass is 422 g/mol. The van der Waals surface area contributed by atoms with Gasteiger partial charge in [-0.15, -0.1) is 5.10 Å². The van der Waals surface area contributed by atoms with E-state index < -0.39 is 17.8 Å². The summed E-state index contributed by atoms with van der Waals surface area (Å²) in [5, 5.41) is 10.3. The van der Waals surface area contributed by atoms with Crippen LogP contribution in [0.5, 0.6) is 0 Å². The van der Waals surface area contributed by atoms with Crippen LogP contribution in [0, 0.1) is 5.82 Å². The zero-order chi connectivity index (χ0) is 21.3. The molecule has 0 spiro atoms. The highest BCUT2D eigenvalue weighted by molar-refractivity contribution is 5.88. The fraction of sp³-hybridized carbons (Fsp3) is 0.368. The van der Waals surface area contributed by atoms with E-state index in [1.54, 1.807) is 12.1 Å². The third-order valence-corrected chi connectivity index (χ3v) is 4.69. The number of anilines is 1. The molecule has 1 saturated carbocycles. The minimum absolute atomic E-state index is 0.0318. The minimum Gasteiger partial charge on any atom is -0.293 e. The van der Waals surface area contributed by atoms with Gasteiger partial charge in [-0.25, -0.2) is 14.1 Å². The number of nitrogens with one attached hydrogen (secondary N) is 1. The van der Waals surface area contributed by atoms with Crippen molar-refractivity contribution in [3.63, 3.8) is 0 Å². The van der Waals surface area contributed by atoms with E-state index in [1.165, 1.54) is 27.8 Å². The molecule has 0 aliphatic heterocycles. The van der Waals surface area contributed by atoms with E-state index in [-0.39, 0.29) is 30.6 Å². The number of aryl methyl sites for hydroxylation is 1. The van der Waals surface area contributed by atoms with Gasteiger partial charge >= 0.3 is 6.18 Å². The number of hydrogen-bond acceptors (Lipinski definition) is 4. The van der Waals surface area contributed by atoms with Gasteiger partial charge in [0.15, 0.2) is 5.69 Å². The van der Waals surface area contributed by atoms with Gasteiger partial charge in [-0.3, -0.25) is 14.8 Å². The first-order chi connectivity index (χ1) is 14.3. The highest BCUT2D eigenvalue weighted by Crippen LogP contribution is 2.42. The van der Waals surface area contributed by atoms with Crippen LogP contribution in [0.1, 0.15) is 42.1 Å². The summed E-state index contributed by atoms with van der Waals surface area (Å²) < 4.78 is 54.5. The number of halogens is 4. The molecule has 7 nitrogen and oxygen atoms in total. The summed E-state index contributed by atoms with van der Waals surface area (Å²) in [5.41, 5.74) is 0.383. The summed E-state index contributed by atoms with van der Waals surface area (Å²) in [6, 6.07) is 6.97. The van der Waals surface area contributed by atoms with E-state index in [0.29, 0.717) is 12.2 Å². The Hall–Kier alpha value is -3.24. The molecule has 1 fully saturated rings. The van der Waals surface area contributed by atoms with Crippen LogP contribution in [-0.2, 0) is 24.1 Å². The van der Waals surface area contributed by atoms with Crippen LogP contribution >= 0.6 is 0 Å². The number of amides is 1. The second kappa shape index (κ2) is 7.88. The maximum absolute atomic E-state index is 13.0. The molecule has 2 aromatic heterocycles. The number of carbonyl (C=O) groups is 1. The standard InChI is InChI=1S/C19H18F4N6O/c20-14-5-1-12(2-6-14)10-28-11-24-18(27-28)25-17(30)7-8-29-15(13-3-4-13)9-16(26-29)19(21,22)23/h1-2,5-6,9,11,13H,3-4,7-8,10H2,(H,25,27,30). The van der Waals surface area contributed by atoms with Crippen molar-refractivity contribution in [2.45, 2.75) is 44.4 Å². The molecule has 4 rings (SSSR count). The molecule has 1 aromatic carbocycles. The van der Waals surface area contributed by atoms with Crippen LogP contribution in [0.2, 0.25) is 0 Å². The van der Waals surface area contributed by atoms with Gasteiger partial charge in [0.2, 0.25) is 11.9 Å². The van der Waals surface area contributed by atoms with Crippen LogP contribution in [0.25, 0.3) is 0 Å². The van der Waals surface area contributed by atoms with Crippen LogP contribution in [-0.4, -0.2) is 30.5 Å². The Morgan fingerprint density at radius 1 is 1.17 bits per heavy atom. The number of nitrogens with zero attached hydrogens (tertiary/aromatic N) is 5. The molecule has 0 bridgehead atoms. The van der Waals surface area contributed by atoms with E-state index in [2.05, 4.69) is 20.5 Å². The number of alkyl halides is 3. The van der Waals surface area contributed by atoms with Crippen molar-refractivity contribution in [2.75, 3.05) is 5.32 Å². The molecule has 0 unspecified atom stereocenters. The average Bonchev–Trinajstić information content (AvgIpc) is 3.28. The Labute approximate surface area is 168 Å². The summed E-state index contributed by atoms with van der Waals surface area (Å²) in [7, 11) is 0. The van der Waals surface area contributed by atoms with Crippen molar-refractivity contribution < 1.29 is 22.4 Å². The summed E-state index contributed by atoms with van der Waals surface area (Å²) >= 11 is 0. The molecule has 1 aliphatic rings. The van der Waals surface area contributed by atoms with Crippen molar-refractivity contribution >= 4 is 11.9 Å². The normalized spacial score (nSPS) is 14.1. The van der Waals surface area contributed by atoms with Crippen molar-refractivity contribution in [1.82, 2.24) is 24.5 Å². The number of aromatic nitrogens is 5. The number of rotatable bonds is 7. The topological polar surface area (TPSA) is 77.6 Å². The highest BCUT2D eigenvalue weighted by atomic mass is 19.4. The molecule has 11 heteroatoms. The lowest BCUT2D eigenvalue weighted by Crippen LogP contribution is -2.17. The molecule has 0 saturated heterocycles. The predicted molar refractivity (Wildman–Crippen MR) is 98.0 cm³/mol. The number of benzene rings is 1. The van der Waals surface area contributed by atoms with Gasteiger partial charge in [-0.1, -0.05) is 12.1 Å². The SMILES string of the molecule is O=C(CCn1nc(C(F)(F)F)cc1C1CC1)Nc1ncn(Cc2ccc(F)cc2)n1. The molecule has 158 valence electrons. The lowest BCUT2D eigenvalue weighted by atomic mass is 10.2. The predicted octanol–water partition coefficient (Wildman–Crippen LogP) is 3.59. The average molecular weight is 422 g/mol. The van der Waals surface area contributed by atoms with Crippen molar-refractivity contribution in [1.29, 1.82) is 0 Å². The lowest BCUT2D eigenvalue weighted by molar-refractivity contribution is -0.141. The highest BCUT2D eigenvalue weighted by Gasteiger charge is 2.37. The van der Waals surface area contributed by atoms with E-state index in [9.17, 15) is 22.4 Å². The summed E-state index contributed by atoms with van der Waals surface area (Å²) in [6.07, 6.45) is -1.51. The molecule has 1 amide bonds. The molecule has 1 N–H and O–H groups in total. The smallest absolute Gasteiger partial charge is 0.293 e. The first-order valence-corrected chi connectivity index (χ1v) is 9.36. The maximum Gasteiger partial charge on any atom is 0.435 e. The van der Waals surface area contributed by atoms with E-state index in [1.807, 2.05) is 0 Å². The third kappa shape index (κ3) is 4.84. The van der Waals surface area contributed by atoms with E-state index >= 15 is 0 Å². The Bertz CT molecular complexity index is 1040. The summed E-state index contributed by atoms with van der Waals surface area (Å²) in [6.45, 7) is 0.380. The first kappa shape index (κ1) is 20.0. The van der Waals surface area contributed by atoms with Gasteiger partial charge in [0, 0.05) is 18.0 Å². The van der Waals surface area contributed by atoms with Crippen LogP contribution in [0.15, 0.2) is 36.7 Å². The van der Waals surface area contributed by atoms with Crippen LogP contribution < -0.4 is 5.32 Å². The Morgan fingerprint density at radius 2 is 1.90 bits per heavy atom. The fourth-order valence-corrected chi connectivity index (χ4v) is 3.06.